The molecule has 90 valence electrons. The summed E-state index contributed by atoms with van der Waals surface area (Å²) in [5.74, 6) is 1.59. The molecule has 0 saturated heterocycles. The van der Waals surface area contributed by atoms with E-state index in [1.807, 2.05) is 13.8 Å². The molecule has 1 fully saturated rings. The number of aryl methyl sites for hydroxylation is 2. The Bertz CT molecular complexity index is 329. The maximum Gasteiger partial charge on any atom is 0.208 e. The number of aliphatic hydroxyl groups is 1. The summed E-state index contributed by atoms with van der Waals surface area (Å²) in [6, 6.07) is 0.196. The first-order chi connectivity index (χ1) is 7.66. The van der Waals surface area contributed by atoms with Crippen molar-refractivity contribution in [1.29, 1.82) is 0 Å². The van der Waals surface area contributed by atoms with Crippen molar-refractivity contribution in [3.63, 3.8) is 0 Å². The minimum atomic E-state index is -0.217. The van der Waals surface area contributed by atoms with Gasteiger partial charge in [0.25, 0.3) is 0 Å². The number of aliphatic hydroxyl groups excluding tert-OH is 1. The van der Waals surface area contributed by atoms with Crippen LogP contribution in [0.1, 0.15) is 43.0 Å². The van der Waals surface area contributed by atoms with Gasteiger partial charge in [0.1, 0.15) is 5.76 Å². The highest BCUT2D eigenvalue weighted by molar-refractivity contribution is 5.05. The number of hydrogen-bond acceptors (Lipinski definition) is 4. The molecule has 1 aromatic rings. The lowest BCUT2D eigenvalue weighted by atomic mass is 9.93. The molecule has 4 heteroatoms. The molecule has 2 N–H and O–H groups in total. The van der Waals surface area contributed by atoms with E-state index < -0.39 is 0 Å². The second-order valence-corrected chi connectivity index (χ2v) is 4.59. The van der Waals surface area contributed by atoms with Gasteiger partial charge in [-0.2, -0.15) is 0 Å². The molecule has 0 radical (unpaired) electrons. The summed E-state index contributed by atoms with van der Waals surface area (Å²) in [6.45, 7) is 4.47. The first kappa shape index (κ1) is 11.6. The summed E-state index contributed by atoms with van der Waals surface area (Å²) in [4.78, 5) is 4.31. The van der Waals surface area contributed by atoms with Crippen LogP contribution in [-0.4, -0.2) is 22.2 Å². The highest BCUT2D eigenvalue weighted by Gasteiger charge is 2.22. The SMILES string of the molecule is Cc1nc(CNC2CCCCC2O)oc1C. The summed E-state index contributed by atoms with van der Waals surface area (Å²) in [5, 5.41) is 13.1. The molecule has 0 spiro atoms. The van der Waals surface area contributed by atoms with Crippen LogP contribution in [0.15, 0.2) is 4.42 Å². The quantitative estimate of drug-likeness (QED) is 0.820. The van der Waals surface area contributed by atoms with E-state index in [-0.39, 0.29) is 12.1 Å². The maximum atomic E-state index is 9.79. The fourth-order valence-corrected chi connectivity index (χ4v) is 2.18. The zero-order valence-electron chi connectivity index (χ0n) is 9.99. The van der Waals surface area contributed by atoms with E-state index in [1.165, 1.54) is 6.42 Å². The molecule has 1 aliphatic rings. The van der Waals surface area contributed by atoms with E-state index in [0.717, 1.165) is 30.7 Å². The Labute approximate surface area is 96.1 Å². The van der Waals surface area contributed by atoms with Gasteiger partial charge in [0, 0.05) is 6.04 Å². The molecule has 0 bridgehead atoms. The molecule has 0 aliphatic heterocycles. The van der Waals surface area contributed by atoms with E-state index in [0.29, 0.717) is 12.4 Å². The molecule has 2 unspecified atom stereocenters. The minimum Gasteiger partial charge on any atom is -0.444 e. The van der Waals surface area contributed by atoms with Crippen molar-refractivity contribution in [2.75, 3.05) is 0 Å². The minimum absolute atomic E-state index is 0.196. The fraction of sp³-hybridized carbons (Fsp3) is 0.750. The first-order valence-electron chi connectivity index (χ1n) is 6.01. The number of rotatable bonds is 3. The molecular weight excluding hydrogens is 204 g/mol. The molecule has 4 nitrogen and oxygen atoms in total. The van der Waals surface area contributed by atoms with Crippen molar-refractivity contribution in [1.82, 2.24) is 10.3 Å². The number of hydrogen-bond donors (Lipinski definition) is 2. The summed E-state index contributed by atoms with van der Waals surface area (Å²) in [7, 11) is 0. The zero-order chi connectivity index (χ0) is 11.5. The van der Waals surface area contributed by atoms with Crippen molar-refractivity contribution in [3.05, 3.63) is 17.3 Å². The smallest absolute Gasteiger partial charge is 0.208 e. The second kappa shape index (κ2) is 4.97. The normalized spacial score (nSPS) is 25.9. The Morgan fingerprint density at radius 1 is 1.38 bits per heavy atom. The van der Waals surface area contributed by atoms with Crippen LogP contribution in [0, 0.1) is 13.8 Å². The topological polar surface area (TPSA) is 58.3 Å². The first-order valence-corrected chi connectivity index (χ1v) is 6.01. The van der Waals surface area contributed by atoms with E-state index in [4.69, 9.17) is 4.42 Å². The highest BCUT2D eigenvalue weighted by atomic mass is 16.4. The summed E-state index contributed by atoms with van der Waals surface area (Å²) >= 11 is 0. The average Bonchev–Trinajstić information content (AvgIpc) is 2.57. The summed E-state index contributed by atoms with van der Waals surface area (Å²) < 4.78 is 5.49. The Balaban J connectivity index is 1.86. The van der Waals surface area contributed by atoms with Gasteiger partial charge >= 0.3 is 0 Å². The van der Waals surface area contributed by atoms with Crippen molar-refractivity contribution in [2.45, 2.75) is 58.2 Å². The molecule has 2 rings (SSSR count). The molecule has 0 amide bonds. The van der Waals surface area contributed by atoms with E-state index in [9.17, 15) is 5.11 Å². The number of nitrogens with zero attached hydrogens (tertiary/aromatic N) is 1. The Kier molecular flexibility index (Phi) is 3.61. The Morgan fingerprint density at radius 3 is 2.75 bits per heavy atom. The van der Waals surface area contributed by atoms with Gasteiger partial charge in [-0.25, -0.2) is 4.98 Å². The number of nitrogens with one attached hydrogen (secondary N) is 1. The van der Waals surface area contributed by atoms with Crippen molar-refractivity contribution >= 4 is 0 Å². The summed E-state index contributed by atoms with van der Waals surface area (Å²) in [5.41, 5.74) is 0.945. The number of aromatic nitrogens is 1. The molecule has 1 aliphatic carbocycles. The highest BCUT2D eigenvalue weighted by Crippen LogP contribution is 2.18. The van der Waals surface area contributed by atoms with Gasteiger partial charge in [-0.1, -0.05) is 12.8 Å². The number of oxazole rings is 1. The third kappa shape index (κ3) is 2.62. The standard InChI is InChI=1S/C12H20N2O2/c1-8-9(2)16-12(14-8)7-13-10-5-3-4-6-11(10)15/h10-11,13,15H,3-7H2,1-2H3. The van der Waals surface area contributed by atoms with Crippen LogP contribution in [0.25, 0.3) is 0 Å². The van der Waals surface area contributed by atoms with Crippen LogP contribution in [-0.2, 0) is 6.54 Å². The van der Waals surface area contributed by atoms with Crippen molar-refractivity contribution in [3.8, 4) is 0 Å². The van der Waals surface area contributed by atoms with Crippen LogP contribution < -0.4 is 5.32 Å². The van der Waals surface area contributed by atoms with Crippen LogP contribution in [0.5, 0.6) is 0 Å². The molecule has 1 heterocycles. The molecule has 0 aromatic carbocycles. The van der Waals surface area contributed by atoms with Crippen molar-refractivity contribution in [2.24, 2.45) is 0 Å². The predicted octanol–water partition coefficient (Wildman–Crippen LogP) is 1.68. The van der Waals surface area contributed by atoms with E-state index in [1.54, 1.807) is 0 Å². The molecule has 16 heavy (non-hydrogen) atoms. The van der Waals surface area contributed by atoms with Gasteiger partial charge < -0.3 is 14.8 Å². The van der Waals surface area contributed by atoms with E-state index >= 15 is 0 Å². The maximum absolute atomic E-state index is 9.79. The van der Waals surface area contributed by atoms with E-state index in [2.05, 4.69) is 10.3 Å². The molecule has 1 aromatic heterocycles. The van der Waals surface area contributed by atoms with Gasteiger partial charge in [-0.05, 0) is 26.7 Å². The van der Waals surface area contributed by atoms with Crippen LogP contribution in [0.4, 0.5) is 0 Å². The monoisotopic (exact) mass is 224 g/mol. The Hall–Kier alpha value is -0.870. The fourth-order valence-electron chi connectivity index (χ4n) is 2.18. The third-order valence-electron chi connectivity index (χ3n) is 3.32. The van der Waals surface area contributed by atoms with Gasteiger partial charge in [-0.15, -0.1) is 0 Å². The zero-order valence-corrected chi connectivity index (χ0v) is 9.99. The van der Waals surface area contributed by atoms with Crippen LogP contribution >= 0.6 is 0 Å². The third-order valence-corrected chi connectivity index (χ3v) is 3.32. The molecule has 1 saturated carbocycles. The Morgan fingerprint density at radius 2 is 2.12 bits per heavy atom. The van der Waals surface area contributed by atoms with Gasteiger partial charge in [0.2, 0.25) is 5.89 Å². The molecular formula is C12H20N2O2. The lowest BCUT2D eigenvalue weighted by molar-refractivity contribution is 0.0890. The molecule has 2 atom stereocenters. The van der Waals surface area contributed by atoms with Crippen molar-refractivity contribution < 1.29 is 9.52 Å². The van der Waals surface area contributed by atoms with Gasteiger partial charge in [0.05, 0.1) is 18.3 Å². The van der Waals surface area contributed by atoms with Crippen LogP contribution in [0.2, 0.25) is 0 Å². The van der Waals surface area contributed by atoms with Gasteiger partial charge in [0.15, 0.2) is 0 Å². The average molecular weight is 224 g/mol. The lowest BCUT2D eigenvalue weighted by Gasteiger charge is -2.27. The lowest BCUT2D eigenvalue weighted by Crippen LogP contribution is -2.41. The largest absolute Gasteiger partial charge is 0.444 e. The van der Waals surface area contributed by atoms with Gasteiger partial charge in [-0.3, -0.25) is 0 Å². The summed E-state index contributed by atoms with van der Waals surface area (Å²) in [6.07, 6.45) is 4.06. The predicted molar refractivity (Wildman–Crippen MR) is 61.1 cm³/mol. The van der Waals surface area contributed by atoms with Crippen LogP contribution in [0.3, 0.4) is 0 Å². The second-order valence-electron chi connectivity index (χ2n) is 4.59.